The van der Waals surface area contributed by atoms with Crippen LogP contribution in [-0.4, -0.2) is 24.7 Å². The number of hydrogen-bond donors (Lipinski definition) is 0. The molecule has 27 heavy (non-hydrogen) atoms. The van der Waals surface area contributed by atoms with Gasteiger partial charge in [-0.05, 0) is 39.3 Å². The van der Waals surface area contributed by atoms with Gasteiger partial charge in [-0.25, -0.2) is 14.3 Å². The molecule has 0 aliphatic rings. The Morgan fingerprint density at radius 3 is 2.48 bits per heavy atom. The van der Waals surface area contributed by atoms with Gasteiger partial charge in [0.2, 0.25) is 0 Å². The largest absolute Gasteiger partial charge is 0.443 e. The lowest BCUT2D eigenvalue weighted by atomic mass is 9.98. The van der Waals surface area contributed by atoms with Crippen LogP contribution < -0.4 is 11.2 Å². The molecule has 0 unspecified atom stereocenters. The quantitative estimate of drug-likeness (QED) is 0.655. The second-order valence-corrected chi connectivity index (χ2v) is 7.46. The van der Waals surface area contributed by atoms with Crippen molar-refractivity contribution in [3.63, 3.8) is 0 Å². The lowest BCUT2D eigenvalue weighted by Gasteiger charge is -2.17. The molecule has 0 aliphatic carbocycles. The second kappa shape index (κ2) is 6.53. The first kappa shape index (κ1) is 18.6. The summed E-state index contributed by atoms with van der Waals surface area (Å²) in [5, 5.41) is 0. The fourth-order valence-electron chi connectivity index (χ4n) is 2.73. The number of para-hydroxylation sites is 1. The fraction of sp³-hybridized carbons (Fsp3) is 0.368. The van der Waals surface area contributed by atoms with Gasteiger partial charge in [0.05, 0.1) is 11.1 Å². The monoisotopic (exact) mass is 370 g/mol. The van der Waals surface area contributed by atoms with E-state index >= 15 is 0 Å². The number of aryl methyl sites for hydroxylation is 1. The summed E-state index contributed by atoms with van der Waals surface area (Å²) in [6, 6.07) is 7.55. The van der Waals surface area contributed by atoms with Crippen molar-refractivity contribution in [2.24, 2.45) is 12.5 Å². The van der Waals surface area contributed by atoms with E-state index in [1.54, 1.807) is 25.3 Å². The van der Waals surface area contributed by atoms with Gasteiger partial charge in [0.15, 0.2) is 17.9 Å². The Balaban J connectivity index is 2.19. The van der Waals surface area contributed by atoms with Gasteiger partial charge in [-0.2, -0.15) is 0 Å². The van der Waals surface area contributed by atoms with Crippen LogP contribution in [0.3, 0.4) is 0 Å². The maximum Gasteiger partial charge on any atom is 0.335 e. The SMILES string of the molecule is Cc1ccccc1-n1cnc2c1c(=O)n(C)c(=O)n2COC(=O)C(C)(C)C. The first-order valence-electron chi connectivity index (χ1n) is 8.53. The molecule has 0 aliphatic heterocycles. The third kappa shape index (κ3) is 3.18. The van der Waals surface area contributed by atoms with Gasteiger partial charge >= 0.3 is 11.7 Å². The summed E-state index contributed by atoms with van der Waals surface area (Å²) < 4.78 is 9.10. The predicted octanol–water partition coefficient (Wildman–Crippen LogP) is 1.74. The highest BCUT2D eigenvalue weighted by atomic mass is 16.5. The Hall–Kier alpha value is -3.16. The van der Waals surface area contributed by atoms with Crippen molar-refractivity contribution >= 4 is 17.1 Å². The topological polar surface area (TPSA) is 88.1 Å². The van der Waals surface area contributed by atoms with Crippen LogP contribution in [0.15, 0.2) is 40.2 Å². The summed E-state index contributed by atoms with van der Waals surface area (Å²) in [7, 11) is 1.39. The molecule has 2 heterocycles. The number of benzene rings is 1. The second-order valence-electron chi connectivity index (χ2n) is 7.46. The molecule has 0 saturated carbocycles. The summed E-state index contributed by atoms with van der Waals surface area (Å²) in [4.78, 5) is 41.6. The minimum atomic E-state index is -0.704. The number of carbonyl (C=O) groups is 1. The number of rotatable bonds is 3. The minimum absolute atomic E-state index is 0.174. The van der Waals surface area contributed by atoms with E-state index in [9.17, 15) is 14.4 Å². The zero-order valence-electron chi connectivity index (χ0n) is 16.0. The zero-order valence-corrected chi connectivity index (χ0v) is 16.0. The minimum Gasteiger partial charge on any atom is -0.443 e. The van der Waals surface area contributed by atoms with Crippen molar-refractivity contribution in [1.29, 1.82) is 0 Å². The van der Waals surface area contributed by atoms with E-state index in [1.165, 1.54) is 17.9 Å². The molecule has 0 fully saturated rings. The van der Waals surface area contributed by atoms with E-state index < -0.39 is 22.6 Å². The highest BCUT2D eigenvalue weighted by Gasteiger charge is 2.24. The first-order valence-corrected chi connectivity index (χ1v) is 8.53. The molecule has 0 bridgehead atoms. The number of aromatic nitrogens is 4. The smallest absolute Gasteiger partial charge is 0.335 e. The molecule has 0 saturated heterocycles. The van der Waals surface area contributed by atoms with Gasteiger partial charge in [0.1, 0.15) is 6.33 Å². The summed E-state index contributed by atoms with van der Waals surface area (Å²) >= 11 is 0. The molecule has 1 aromatic carbocycles. The Morgan fingerprint density at radius 2 is 1.85 bits per heavy atom. The van der Waals surface area contributed by atoms with Crippen LogP contribution in [0.5, 0.6) is 0 Å². The van der Waals surface area contributed by atoms with Crippen LogP contribution in [0, 0.1) is 12.3 Å². The molecule has 0 spiro atoms. The van der Waals surface area contributed by atoms with Crippen molar-refractivity contribution in [1.82, 2.24) is 18.7 Å². The van der Waals surface area contributed by atoms with Crippen LogP contribution in [-0.2, 0) is 23.3 Å². The fourth-order valence-corrected chi connectivity index (χ4v) is 2.73. The standard InChI is InChI=1S/C19H22N4O4/c1-12-8-6-7-9-13(12)22-10-20-15-14(22)16(24)21(5)18(26)23(15)11-27-17(25)19(2,3)4/h6-10H,11H2,1-5H3. The van der Waals surface area contributed by atoms with E-state index in [1.807, 2.05) is 31.2 Å². The third-order valence-corrected chi connectivity index (χ3v) is 4.34. The molecular weight excluding hydrogens is 348 g/mol. The van der Waals surface area contributed by atoms with E-state index in [4.69, 9.17) is 4.74 Å². The molecule has 0 N–H and O–H groups in total. The highest BCUT2D eigenvalue weighted by molar-refractivity contribution is 5.76. The van der Waals surface area contributed by atoms with Crippen molar-refractivity contribution < 1.29 is 9.53 Å². The highest BCUT2D eigenvalue weighted by Crippen LogP contribution is 2.19. The lowest BCUT2D eigenvalue weighted by molar-refractivity contribution is -0.156. The number of esters is 1. The number of fused-ring (bicyclic) bond motifs is 1. The molecule has 0 atom stereocenters. The molecular formula is C19H22N4O4. The van der Waals surface area contributed by atoms with Crippen LogP contribution in [0.25, 0.3) is 16.9 Å². The Bertz CT molecular complexity index is 1150. The third-order valence-electron chi connectivity index (χ3n) is 4.34. The summed E-state index contributed by atoms with van der Waals surface area (Å²) in [6.07, 6.45) is 1.50. The van der Waals surface area contributed by atoms with E-state index in [-0.39, 0.29) is 17.9 Å². The Kier molecular flexibility index (Phi) is 4.51. The Morgan fingerprint density at radius 1 is 1.19 bits per heavy atom. The van der Waals surface area contributed by atoms with E-state index in [0.29, 0.717) is 0 Å². The molecule has 8 heteroatoms. The summed E-state index contributed by atoms with van der Waals surface area (Å²) in [5.74, 6) is -0.449. The number of nitrogens with zero attached hydrogens (tertiary/aromatic N) is 4. The van der Waals surface area contributed by atoms with E-state index in [0.717, 1.165) is 15.8 Å². The van der Waals surface area contributed by atoms with Crippen LogP contribution in [0.2, 0.25) is 0 Å². The molecule has 8 nitrogen and oxygen atoms in total. The number of hydrogen-bond acceptors (Lipinski definition) is 5. The van der Waals surface area contributed by atoms with Gasteiger partial charge in [-0.3, -0.25) is 18.7 Å². The van der Waals surface area contributed by atoms with Crippen LogP contribution in [0.1, 0.15) is 26.3 Å². The van der Waals surface area contributed by atoms with Crippen molar-refractivity contribution in [3.8, 4) is 5.69 Å². The average Bonchev–Trinajstić information content (AvgIpc) is 3.03. The van der Waals surface area contributed by atoms with Gasteiger partial charge < -0.3 is 4.74 Å². The van der Waals surface area contributed by atoms with Crippen molar-refractivity contribution in [2.75, 3.05) is 0 Å². The molecule has 2 aromatic heterocycles. The lowest BCUT2D eigenvalue weighted by Crippen LogP contribution is -2.40. The number of carbonyl (C=O) groups excluding carboxylic acids is 1. The van der Waals surface area contributed by atoms with Crippen molar-refractivity contribution in [2.45, 2.75) is 34.4 Å². The zero-order chi connectivity index (χ0) is 19.9. The van der Waals surface area contributed by atoms with Gasteiger partial charge in [0, 0.05) is 7.05 Å². The molecule has 142 valence electrons. The normalized spacial score (nSPS) is 11.7. The molecule has 3 aromatic rings. The van der Waals surface area contributed by atoms with Gasteiger partial charge in [0.25, 0.3) is 5.56 Å². The van der Waals surface area contributed by atoms with Crippen molar-refractivity contribution in [3.05, 3.63) is 57.0 Å². The number of ether oxygens (including phenoxy) is 1. The average molecular weight is 370 g/mol. The molecule has 0 radical (unpaired) electrons. The summed E-state index contributed by atoms with van der Waals surface area (Å²) in [6.45, 7) is 6.78. The maximum atomic E-state index is 12.7. The van der Waals surface area contributed by atoms with Crippen LogP contribution >= 0.6 is 0 Å². The number of imidazole rings is 1. The van der Waals surface area contributed by atoms with Gasteiger partial charge in [-0.15, -0.1) is 0 Å². The Labute approximate surface area is 155 Å². The molecule has 0 amide bonds. The van der Waals surface area contributed by atoms with E-state index in [2.05, 4.69) is 4.98 Å². The summed E-state index contributed by atoms with van der Waals surface area (Å²) in [5.41, 5.74) is 0.401. The predicted molar refractivity (Wildman–Crippen MR) is 101 cm³/mol. The maximum absolute atomic E-state index is 12.7. The first-order chi connectivity index (χ1) is 12.6. The van der Waals surface area contributed by atoms with Crippen LogP contribution in [0.4, 0.5) is 0 Å². The molecule has 3 rings (SSSR count). The van der Waals surface area contributed by atoms with Gasteiger partial charge in [-0.1, -0.05) is 18.2 Å².